The molecule has 0 unspecified atom stereocenters. The number of imidazole rings is 1. The summed E-state index contributed by atoms with van der Waals surface area (Å²) in [4.78, 5) is 4.19. The highest BCUT2D eigenvalue weighted by atomic mass is 16.5. The fourth-order valence-electron chi connectivity index (χ4n) is 2.21. The summed E-state index contributed by atoms with van der Waals surface area (Å²) in [6.07, 6.45) is 3.54. The molecule has 0 fully saturated rings. The Balaban J connectivity index is 2.20. The van der Waals surface area contributed by atoms with Gasteiger partial charge in [0.1, 0.15) is 11.5 Å². The molecule has 2 heterocycles. The second-order valence-electron chi connectivity index (χ2n) is 4.47. The molecule has 5 heteroatoms. The minimum absolute atomic E-state index is 0.773. The van der Waals surface area contributed by atoms with Crippen LogP contribution in [-0.2, 0) is 0 Å². The van der Waals surface area contributed by atoms with Crippen LogP contribution in [-0.4, -0.2) is 28.8 Å². The quantitative estimate of drug-likeness (QED) is 0.733. The molecule has 0 aliphatic rings. The third-order valence-corrected chi connectivity index (χ3v) is 3.25. The molecule has 3 aromatic rings. The lowest BCUT2D eigenvalue weighted by molar-refractivity contribution is 0.401. The van der Waals surface area contributed by atoms with Crippen LogP contribution in [0.3, 0.4) is 0 Å². The highest BCUT2D eigenvalue weighted by Gasteiger charge is 2.12. The first kappa shape index (κ1) is 12.5. The Morgan fingerprint density at radius 1 is 1.05 bits per heavy atom. The van der Waals surface area contributed by atoms with Gasteiger partial charge in [-0.25, -0.2) is 9.50 Å². The van der Waals surface area contributed by atoms with E-state index in [1.165, 1.54) is 0 Å². The molecule has 3 rings (SSSR count). The smallest absolute Gasteiger partial charge is 0.153 e. The molecule has 0 spiro atoms. The van der Waals surface area contributed by atoms with Crippen LogP contribution in [0.2, 0.25) is 0 Å². The maximum atomic E-state index is 5.45. The molecule has 0 radical (unpaired) electrons. The first-order valence-electron chi connectivity index (χ1n) is 6.26. The molecule has 102 valence electrons. The van der Waals surface area contributed by atoms with E-state index in [-0.39, 0.29) is 0 Å². The van der Waals surface area contributed by atoms with Gasteiger partial charge in [0.25, 0.3) is 0 Å². The van der Waals surface area contributed by atoms with Crippen LogP contribution in [0, 0.1) is 6.92 Å². The standard InChI is InChI=1S/C15H15N3O2/c1-10-8-14(20-3)11(9-13(10)19-2)12-4-5-15-16-6-7-18(15)17-12/h4-9H,1-3H3. The van der Waals surface area contributed by atoms with Crippen LogP contribution in [0.15, 0.2) is 36.7 Å². The van der Waals surface area contributed by atoms with Gasteiger partial charge in [0.15, 0.2) is 5.65 Å². The SMILES string of the molecule is COc1cc(-c2ccc3nccn3n2)c(OC)cc1C. The number of hydrogen-bond donors (Lipinski definition) is 0. The van der Waals surface area contributed by atoms with Crippen LogP contribution in [0.1, 0.15) is 5.56 Å². The van der Waals surface area contributed by atoms with Gasteiger partial charge >= 0.3 is 0 Å². The van der Waals surface area contributed by atoms with E-state index in [1.807, 2.05) is 37.4 Å². The Hall–Kier alpha value is -2.56. The maximum Gasteiger partial charge on any atom is 0.153 e. The normalized spacial score (nSPS) is 10.8. The van der Waals surface area contributed by atoms with Gasteiger partial charge < -0.3 is 9.47 Å². The highest BCUT2D eigenvalue weighted by Crippen LogP contribution is 2.34. The van der Waals surface area contributed by atoms with E-state index in [1.54, 1.807) is 24.9 Å². The Morgan fingerprint density at radius 3 is 2.60 bits per heavy atom. The van der Waals surface area contributed by atoms with E-state index in [0.29, 0.717) is 0 Å². The number of ether oxygens (including phenoxy) is 2. The van der Waals surface area contributed by atoms with Crippen LogP contribution in [0.5, 0.6) is 11.5 Å². The average molecular weight is 269 g/mol. The number of methoxy groups -OCH3 is 2. The number of benzene rings is 1. The van der Waals surface area contributed by atoms with Crippen LogP contribution in [0.25, 0.3) is 16.9 Å². The van der Waals surface area contributed by atoms with Crippen LogP contribution in [0.4, 0.5) is 0 Å². The van der Waals surface area contributed by atoms with Crippen molar-refractivity contribution >= 4 is 5.65 Å². The van der Waals surface area contributed by atoms with Gasteiger partial charge in [-0.3, -0.25) is 0 Å². The molecule has 0 saturated carbocycles. The van der Waals surface area contributed by atoms with Crippen molar-refractivity contribution in [1.29, 1.82) is 0 Å². The van der Waals surface area contributed by atoms with Gasteiger partial charge in [-0.05, 0) is 36.8 Å². The predicted molar refractivity (Wildman–Crippen MR) is 76.3 cm³/mol. The molecule has 5 nitrogen and oxygen atoms in total. The number of rotatable bonds is 3. The number of aryl methyl sites for hydroxylation is 1. The summed E-state index contributed by atoms with van der Waals surface area (Å²) < 4.78 is 12.6. The fraction of sp³-hybridized carbons (Fsp3) is 0.200. The van der Waals surface area contributed by atoms with Gasteiger partial charge in [-0.1, -0.05) is 0 Å². The molecular formula is C15H15N3O2. The largest absolute Gasteiger partial charge is 0.496 e. The summed E-state index contributed by atoms with van der Waals surface area (Å²) in [7, 11) is 3.31. The summed E-state index contributed by atoms with van der Waals surface area (Å²) in [5, 5.41) is 4.54. The highest BCUT2D eigenvalue weighted by molar-refractivity contribution is 5.70. The van der Waals surface area contributed by atoms with Crippen LogP contribution < -0.4 is 9.47 Å². The summed E-state index contributed by atoms with van der Waals surface area (Å²) in [6.45, 7) is 1.98. The first-order chi connectivity index (χ1) is 9.72. The molecule has 20 heavy (non-hydrogen) atoms. The third kappa shape index (κ3) is 1.97. The van der Waals surface area contributed by atoms with Gasteiger partial charge in [-0.15, -0.1) is 0 Å². The second kappa shape index (κ2) is 4.85. The number of nitrogens with zero attached hydrogens (tertiary/aromatic N) is 3. The average Bonchev–Trinajstić information content (AvgIpc) is 2.94. The molecule has 2 aromatic heterocycles. The zero-order chi connectivity index (χ0) is 14.1. The number of aromatic nitrogens is 3. The molecule has 0 aliphatic carbocycles. The maximum absolute atomic E-state index is 5.45. The Bertz CT molecular complexity index is 765. The summed E-state index contributed by atoms with van der Waals surface area (Å²) in [5.74, 6) is 1.59. The van der Waals surface area contributed by atoms with Crippen molar-refractivity contribution in [2.45, 2.75) is 6.92 Å². The lowest BCUT2D eigenvalue weighted by atomic mass is 10.1. The molecule has 0 saturated heterocycles. The van der Waals surface area contributed by atoms with Crippen molar-refractivity contribution in [3.8, 4) is 22.8 Å². The Kier molecular flexibility index (Phi) is 3.02. The fourth-order valence-corrected chi connectivity index (χ4v) is 2.21. The third-order valence-electron chi connectivity index (χ3n) is 3.25. The van der Waals surface area contributed by atoms with Crippen molar-refractivity contribution in [1.82, 2.24) is 14.6 Å². The van der Waals surface area contributed by atoms with E-state index in [0.717, 1.165) is 34.0 Å². The Morgan fingerprint density at radius 2 is 1.85 bits per heavy atom. The molecule has 0 atom stereocenters. The zero-order valence-electron chi connectivity index (χ0n) is 11.6. The van der Waals surface area contributed by atoms with E-state index >= 15 is 0 Å². The lowest BCUT2D eigenvalue weighted by Gasteiger charge is -2.12. The van der Waals surface area contributed by atoms with Gasteiger partial charge in [0, 0.05) is 18.0 Å². The summed E-state index contributed by atoms with van der Waals surface area (Å²) in [6, 6.07) is 7.75. The molecule has 0 N–H and O–H groups in total. The number of fused-ring (bicyclic) bond motifs is 1. The van der Waals surface area contributed by atoms with E-state index < -0.39 is 0 Å². The predicted octanol–water partition coefficient (Wildman–Crippen LogP) is 2.72. The van der Waals surface area contributed by atoms with Crippen molar-refractivity contribution in [2.24, 2.45) is 0 Å². The van der Waals surface area contributed by atoms with E-state index in [9.17, 15) is 0 Å². The minimum Gasteiger partial charge on any atom is -0.496 e. The van der Waals surface area contributed by atoms with Gasteiger partial charge in [0.05, 0.1) is 19.9 Å². The summed E-state index contributed by atoms with van der Waals surface area (Å²) in [5.41, 5.74) is 3.54. The molecular weight excluding hydrogens is 254 g/mol. The van der Waals surface area contributed by atoms with E-state index in [4.69, 9.17) is 9.47 Å². The molecule has 0 amide bonds. The Labute approximate surface area is 116 Å². The molecule has 1 aromatic carbocycles. The van der Waals surface area contributed by atoms with Crippen molar-refractivity contribution in [3.05, 3.63) is 42.2 Å². The molecule has 0 aliphatic heterocycles. The van der Waals surface area contributed by atoms with Gasteiger partial charge in [0.2, 0.25) is 0 Å². The minimum atomic E-state index is 0.773. The lowest BCUT2D eigenvalue weighted by Crippen LogP contribution is -1.97. The first-order valence-corrected chi connectivity index (χ1v) is 6.26. The zero-order valence-corrected chi connectivity index (χ0v) is 11.6. The monoisotopic (exact) mass is 269 g/mol. The van der Waals surface area contributed by atoms with Crippen LogP contribution >= 0.6 is 0 Å². The van der Waals surface area contributed by atoms with Crippen molar-refractivity contribution in [2.75, 3.05) is 14.2 Å². The van der Waals surface area contributed by atoms with Crippen molar-refractivity contribution < 1.29 is 9.47 Å². The molecule has 0 bridgehead atoms. The van der Waals surface area contributed by atoms with E-state index in [2.05, 4.69) is 10.1 Å². The number of hydrogen-bond acceptors (Lipinski definition) is 4. The van der Waals surface area contributed by atoms with Crippen molar-refractivity contribution in [3.63, 3.8) is 0 Å². The topological polar surface area (TPSA) is 48.7 Å². The summed E-state index contributed by atoms with van der Waals surface area (Å²) >= 11 is 0. The van der Waals surface area contributed by atoms with Gasteiger partial charge in [-0.2, -0.15) is 5.10 Å². The second-order valence-corrected chi connectivity index (χ2v) is 4.47.